The number of likely N-dealkylation sites (tertiary alicyclic amines) is 1. The summed E-state index contributed by atoms with van der Waals surface area (Å²) in [5, 5.41) is 39.4. The van der Waals surface area contributed by atoms with E-state index in [1.54, 1.807) is 26.4 Å². The van der Waals surface area contributed by atoms with Gasteiger partial charge in [-0.3, -0.25) is 9.69 Å². The molecule has 0 saturated carbocycles. The average Bonchev–Trinajstić information content (AvgIpc) is 1.65. The van der Waals surface area contributed by atoms with Crippen molar-refractivity contribution in [3.63, 3.8) is 0 Å². The van der Waals surface area contributed by atoms with Crippen LogP contribution in [0, 0.1) is 41.5 Å². The van der Waals surface area contributed by atoms with E-state index in [0.29, 0.717) is 72.1 Å². The summed E-state index contributed by atoms with van der Waals surface area (Å²) in [4.78, 5) is 58.4. The minimum absolute atomic E-state index is 0. The number of hydrogen-bond acceptors (Lipinski definition) is 16. The number of carboxylic acid groups (broad SMARTS) is 1. The lowest BCUT2D eigenvalue weighted by Crippen LogP contribution is -2.49. The zero-order chi connectivity index (χ0) is 63.8. The molecule has 10 aromatic rings. The van der Waals surface area contributed by atoms with Gasteiger partial charge in [-0.1, -0.05) is 73.1 Å². The molecule has 0 spiro atoms. The number of piperidine rings is 1. The number of β-amino-alcohol motifs (C(OH)–C–C–N with tert-alkyl or cyclic N) is 2. The van der Waals surface area contributed by atoms with Crippen molar-refractivity contribution in [3.8, 4) is 56.3 Å². The number of hydrogen-bond donors (Lipinski definition) is 5. The highest BCUT2D eigenvalue weighted by Crippen LogP contribution is 2.44. The molecule has 0 bridgehead atoms. The number of rotatable bonds is 12. The van der Waals surface area contributed by atoms with E-state index in [1.807, 2.05) is 82.8 Å². The molecule has 20 heteroatoms. The smallest absolute Gasteiger partial charge is 0.335 e. The van der Waals surface area contributed by atoms with E-state index in [4.69, 9.17) is 38.6 Å². The van der Waals surface area contributed by atoms with Crippen LogP contribution < -0.4 is 9.47 Å². The van der Waals surface area contributed by atoms with Gasteiger partial charge >= 0.3 is 5.97 Å². The number of aliphatic hydroxyl groups excluding tert-OH is 2. The predicted molar refractivity (Wildman–Crippen MR) is 361 cm³/mol. The third-order valence-corrected chi connectivity index (χ3v) is 17.0. The van der Waals surface area contributed by atoms with E-state index in [2.05, 4.69) is 88.7 Å². The zero-order valence-electron chi connectivity index (χ0n) is 53.8. The topological polar surface area (TPSA) is 258 Å². The molecule has 484 valence electrons. The number of H-pyrrole nitrogens is 2. The van der Waals surface area contributed by atoms with Crippen molar-refractivity contribution in [2.45, 2.75) is 128 Å². The number of amides is 1. The van der Waals surface area contributed by atoms with Crippen molar-refractivity contribution in [2.24, 2.45) is 0 Å². The quantitative estimate of drug-likeness (QED) is 0.0762. The van der Waals surface area contributed by atoms with E-state index in [0.717, 1.165) is 125 Å². The number of ether oxygens (including phenoxy) is 2. The molecule has 2 aliphatic rings. The minimum Gasteiger partial charge on any atom is -0.496 e. The molecule has 2 saturated heterocycles. The summed E-state index contributed by atoms with van der Waals surface area (Å²) in [5.41, 5.74) is 13.7. The van der Waals surface area contributed by atoms with Crippen molar-refractivity contribution in [1.29, 1.82) is 0 Å². The Labute approximate surface area is 533 Å². The summed E-state index contributed by atoms with van der Waals surface area (Å²) in [5.74, 6) is 3.03. The Morgan fingerprint density at radius 3 is 1.35 bits per heavy atom. The van der Waals surface area contributed by atoms with Crippen LogP contribution in [0.4, 0.5) is 0 Å². The van der Waals surface area contributed by atoms with Crippen LogP contribution in [0.25, 0.3) is 88.6 Å². The molecule has 91 heavy (non-hydrogen) atoms. The van der Waals surface area contributed by atoms with Crippen molar-refractivity contribution in [1.82, 2.24) is 54.9 Å². The second-order valence-corrected chi connectivity index (χ2v) is 25.4. The second kappa shape index (κ2) is 27.9. The van der Waals surface area contributed by atoms with Crippen LogP contribution in [0.2, 0.25) is 0 Å². The van der Waals surface area contributed by atoms with Crippen LogP contribution in [0.1, 0.15) is 142 Å². The molecule has 1 amide bonds. The summed E-state index contributed by atoms with van der Waals surface area (Å²) in [6, 6.07) is 19.6. The Hall–Kier alpha value is -8.56. The van der Waals surface area contributed by atoms with Crippen LogP contribution >= 0.6 is 0 Å². The molecule has 5 N–H and O–H groups in total. The first-order chi connectivity index (χ1) is 42.4. The number of carbonyl (C=O) groups excluding carboxylic acids is 1. The normalized spacial score (nSPS) is 14.0. The first kappa shape index (κ1) is 68.4. The number of aromatic nitrogens is 8. The van der Waals surface area contributed by atoms with Crippen molar-refractivity contribution in [2.75, 3.05) is 79.8 Å². The van der Waals surface area contributed by atoms with Gasteiger partial charge in [-0.15, -0.1) is 0 Å². The number of carboxylic acids is 1. The molecule has 0 atom stereocenters. The van der Waals surface area contributed by atoms with Crippen molar-refractivity contribution < 1.29 is 43.4 Å². The number of nitrogens with zero attached hydrogens (tertiary/aromatic N) is 9. The van der Waals surface area contributed by atoms with Gasteiger partial charge in [0, 0.05) is 88.9 Å². The molecule has 20 nitrogen and oxygen atoms in total. The minimum atomic E-state index is -0.978. The van der Waals surface area contributed by atoms with Crippen molar-refractivity contribution >= 4 is 55.7 Å². The van der Waals surface area contributed by atoms with Gasteiger partial charge in [0.1, 0.15) is 46.0 Å². The maximum absolute atomic E-state index is 13.9. The molecule has 0 radical (unpaired) electrons. The van der Waals surface area contributed by atoms with Gasteiger partial charge in [-0.2, -0.15) is 0 Å². The molecule has 2 fully saturated rings. The third-order valence-electron chi connectivity index (χ3n) is 17.0. The van der Waals surface area contributed by atoms with Gasteiger partial charge in [0.2, 0.25) is 0 Å². The molecule has 8 heterocycles. The standard InChI is InChI=1S/C34H40N6O4.C28H28N4O4.C7H15NO.2CH4/c1-19-29(20(2)44-38-19)26-17-27-25(18-28(26)43-7)30-31(35-21(3)36-32(30)37-27)22-14-23(16-24(15-22)34(4,5)6)33(42)40-10-8-39(9-11-40)12-13-41;1-13-23(14(2)36-32-13)20-11-21-19(12-22(20)35-7)24-25(29-15(3)30-26(24)31-21)16-8-17(27(33)34)10-18(9-16)28(4,5)6;9-7-6-8-4-2-1-3-5-8;;/h14-18,41H,8-13H2,1-7H3,(H,35,36,37);8-12H,1-7H3,(H,33,34)(H,29,30,31);9H,1-7H2;2*1H4. The van der Waals surface area contributed by atoms with Crippen LogP contribution in [0.15, 0.2) is 69.7 Å². The molecule has 0 aliphatic carbocycles. The van der Waals surface area contributed by atoms with Crippen LogP contribution in [0.3, 0.4) is 0 Å². The number of methoxy groups -OCH3 is 2. The Morgan fingerprint density at radius 1 is 0.549 bits per heavy atom. The molecule has 6 aromatic heterocycles. The van der Waals surface area contributed by atoms with Crippen LogP contribution in [0.5, 0.6) is 11.5 Å². The number of aryl methyl sites for hydroxylation is 6. The summed E-state index contributed by atoms with van der Waals surface area (Å²) >= 11 is 0. The summed E-state index contributed by atoms with van der Waals surface area (Å²) in [6.07, 6.45) is 4.02. The number of carbonyl (C=O) groups is 2. The van der Waals surface area contributed by atoms with Crippen molar-refractivity contribution in [3.05, 3.63) is 117 Å². The van der Waals surface area contributed by atoms with E-state index < -0.39 is 5.97 Å². The van der Waals surface area contributed by atoms with Gasteiger partial charge in [-0.05, 0) is 150 Å². The summed E-state index contributed by atoms with van der Waals surface area (Å²) in [6.45, 7) is 31.0. The second-order valence-electron chi connectivity index (χ2n) is 25.4. The summed E-state index contributed by atoms with van der Waals surface area (Å²) in [7, 11) is 3.29. The molecule has 0 unspecified atom stereocenters. The van der Waals surface area contributed by atoms with E-state index in [-0.39, 0.29) is 43.8 Å². The first-order valence-corrected chi connectivity index (χ1v) is 30.5. The van der Waals surface area contributed by atoms with Gasteiger partial charge in [-0.25, -0.2) is 24.7 Å². The molecular weight excluding hydrogens is 1150 g/mol. The molecule has 12 rings (SSSR count). The number of fused-ring (bicyclic) bond motifs is 6. The Morgan fingerprint density at radius 2 is 0.967 bits per heavy atom. The first-order valence-electron chi connectivity index (χ1n) is 30.5. The third kappa shape index (κ3) is 14.3. The molecule has 2 aliphatic heterocycles. The number of aromatic amines is 2. The number of aromatic carboxylic acids is 1. The number of benzene rings is 4. The SMILES string of the molecule is C.C.COc1cc2c(cc1-c1c(C)noc1C)[nH]c1nc(C)nc(-c3cc(C(=O)N4CCN(CCO)CC4)cc(C(C)(C)C)c3)c12.COc1cc2c(cc1-c1c(C)noc1C)[nH]c1nc(C)nc(-c3cc(C(=O)O)cc(C(C)(C)C)c3)c12.OCCN1CCCCC1. The maximum Gasteiger partial charge on any atom is 0.335 e. The fraction of sp³-hybridized carbons (Fsp3) is 0.437. The largest absolute Gasteiger partial charge is 0.496 e. The van der Waals surface area contributed by atoms with E-state index in [1.165, 1.54) is 32.4 Å². The Kier molecular flexibility index (Phi) is 21.0. The Balaban J connectivity index is 0.000000205. The molecule has 4 aromatic carbocycles. The van der Waals surface area contributed by atoms with E-state index >= 15 is 0 Å². The maximum atomic E-state index is 13.9. The monoisotopic (exact) mass is 1240 g/mol. The summed E-state index contributed by atoms with van der Waals surface area (Å²) < 4.78 is 22.5. The van der Waals surface area contributed by atoms with E-state index in [9.17, 15) is 19.8 Å². The Bertz CT molecular complexity index is 4220. The fourth-order valence-electron chi connectivity index (χ4n) is 12.2. The van der Waals surface area contributed by atoms with Crippen LogP contribution in [-0.4, -0.2) is 162 Å². The fourth-order valence-corrected chi connectivity index (χ4v) is 12.2. The number of piperazine rings is 1. The van der Waals surface area contributed by atoms with Gasteiger partial charge in [0.15, 0.2) is 0 Å². The lowest BCUT2D eigenvalue weighted by atomic mass is 9.84. The average molecular weight is 1240 g/mol. The van der Waals surface area contributed by atoms with Crippen LogP contribution in [-0.2, 0) is 10.8 Å². The highest BCUT2D eigenvalue weighted by Gasteiger charge is 2.29. The lowest BCUT2D eigenvalue weighted by molar-refractivity contribution is 0.0614. The van der Waals surface area contributed by atoms with Gasteiger partial charge < -0.3 is 53.6 Å². The number of aliphatic hydroxyl groups is 2. The lowest BCUT2D eigenvalue weighted by Gasteiger charge is -2.34. The van der Waals surface area contributed by atoms with Gasteiger partial charge in [0.05, 0.1) is 77.7 Å². The number of nitrogens with one attached hydrogen (secondary N) is 2. The highest BCUT2D eigenvalue weighted by atomic mass is 16.5. The zero-order valence-corrected chi connectivity index (χ0v) is 53.8. The predicted octanol–water partition coefficient (Wildman–Crippen LogP) is 13.5. The molecular formula is C71H91N11O9. The van der Waals surface area contributed by atoms with Gasteiger partial charge in [0.25, 0.3) is 5.91 Å². The highest BCUT2D eigenvalue weighted by molar-refractivity contribution is 6.15.